The molecule has 4 heterocycles. The number of rotatable bonds is 8. The lowest BCUT2D eigenvalue weighted by atomic mass is 10.0. The second kappa shape index (κ2) is 16.8. The first-order valence-corrected chi connectivity index (χ1v) is 23.1. The molecule has 3 aliphatic carbocycles. The zero-order valence-corrected chi connectivity index (χ0v) is 35.0. The Morgan fingerprint density at radius 3 is 2.41 bits per heavy atom. The Balaban J connectivity index is 1.05. The van der Waals surface area contributed by atoms with E-state index >= 15 is 0 Å². The Kier molecular flexibility index (Phi) is 11.3. The number of carbonyl (C=O) groups is 4. The number of para-hydroxylation sites is 1. The highest BCUT2D eigenvalue weighted by molar-refractivity contribution is 7.91. The molecular weight excluding hydrogens is 846 g/mol. The molecule has 1 saturated heterocycles. The maximum Gasteiger partial charge on any atom is 0.416 e. The minimum atomic E-state index is -4.57. The van der Waals surface area contributed by atoms with Crippen molar-refractivity contribution in [2.45, 2.75) is 125 Å². The number of allylic oxidation sites excluding steroid dienone is 1. The molecule has 9 rings (SSSR count). The summed E-state index contributed by atoms with van der Waals surface area (Å²) < 4.78 is 86.9. The normalized spacial score (nSPS) is 26.0. The molecule has 5 atom stereocenters. The van der Waals surface area contributed by atoms with Crippen LogP contribution < -0.4 is 20.1 Å². The van der Waals surface area contributed by atoms with Gasteiger partial charge in [0.05, 0.1) is 17.4 Å². The van der Waals surface area contributed by atoms with E-state index in [4.69, 9.17) is 13.9 Å². The SMILES string of the molecule is O=C(N[C@H]1CCCCCC=C[C@@H]2C[C@@]2(C(=O)NS(=O)(=O)C2CC2)NC(=O)[C@@H]2C[C@@H](Oc3nc(-c4ccc(C(F)(F)F)cc4)nc4c3oc3ccccc34)CN2C1=O)OC1CCCC1. The molecule has 2 aromatic carbocycles. The van der Waals surface area contributed by atoms with E-state index in [0.29, 0.717) is 61.4 Å². The Morgan fingerprint density at radius 1 is 0.921 bits per heavy atom. The molecule has 0 bridgehead atoms. The van der Waals surface area contributed by atoms with Gasteiger partial charge in [-0.3, -0.25) is 19.1 Å². The Morgan fingerprint density at radius 2 is 1.67 bits per heavy atom. The number of alkyl carbamates (subject to hydrolysis) is 1. The lowest BCUT2D eigenvalue weighted by Crippen LogP contribution is -2.58. The summed E-state index contributed by atoms with van der Waals surface area (Å²) in [7, 11) is -3.97. The van der Waals surface area contributed by atoms with Gasteiger partial charge in [-0.1, -0.05) is 49.3 Å². The lowest BCUT2D eigenvalue weighted by Gasteiger charge is -2.30. The third-order valence-corrected chi connectivity index (χ3v) is 14.5. The summed E-state index contributed by atoms with van der Waals surface area (Å²) in [5.41, 5.74) is -1.32. The number of sulfonamides is 1. The second-order valence-electron chi connectivity index (χ2n) is 17.2. The number of amides is 4. The van der Waals surface area contributed by atoms with Gasteiger partial charge < -0.3 is 29.4 Å². The molecule has 19 heteroatoms. The third-order valence-electron chi connectivity index (χ3n) is 12.6. The van der Waals surface area contributed by atoms with Crippen molar-refractivity contribution in [1.29, 1.82) is 0 Å². The number of hydrogen-bond donors (Lipinski definition) is 3. The first-order chi connectivity index (χ1) is 30.2. The highest BCUT2D eigenvalue weighted by Crippen LogP contribution is 2.46. The standard InChI is InChI=1S/C44H47F3N6O9S/c45-44(46,47)26-18-16-25(17-19-26)37-49-35-31-13-8-9-15-34(31)62-36(35)39(50-37)60-29-22-33-38(54)51-43(41(56)52-63(58,59)30-20-21-30)23-27(43)10-4-2-1-3-5-14-32(40(55)53(33)24-29)48-42(57)61-28-11-6-7-12-28/h4,8-10,13,15-19,27-30,32-33H,1-3,5-7,11-12,14,20-24H2,(H,48,57)(H,51,54)(H,52,56)/t27-,29-,32+,33+,43-/m1/s1. The zero-order chi connectivity index (χ0) is 44.1. The molecule has 0 radical (unpaired) electrons. The fraction of sp³-hybridized carbons (Fsp3) is 0.500. The summed E-state index contributed by atoms with van der Waals surface area (Å²) in [6, 6.07) is 8.99. The molecule has 3 saturated carbocycles. The fourth-order valence-corrected chi connectivity index (χ4v) is 10.3. The van der Waals surface area contributed by atoms with E-state index in [1.165, 1.54) is 17.0 Å². The molecule has 0 spiro atoms. The minimum Gasteiger partial charge on any atom is -0.470 e. The van der Waals surface area contributed by atoms with Crippen LogP contribution in [0.3, 0.4) is 0 Å². The maximum absolute atomic E-state index is 14.7. The summed E-state index contributed by atoms with van der Waals surface area (Å²) in [5.74, 6) is -2.73. The van der Waals surface area contributed by atoms with Crippen molar-refractivity contribution in [2.24, 2.45) is 5.92 Å². The first-order valence-electron chi connectivity index (χ1n) is 21.5. The average molecular weight is 893 g/mol. The van der Waals surface area contributed by atoms with E-state index in [-0.39, 0.29) is 54.8 Å². The molecule has 5 aliphatic rings. The van der Waals surface area contributed by atoms with Crippen molar-refractivity contribution in [2.75, 3.05) is 6.54 Å². The molecular formula is C44H47F3N6O9S. The van der Waals surface area contributed by atoms with Crippen LogP contribution in [0.5, 0.6) is 5.88 Å². The highest BCUT2D eigenvalue weighted by atomic mass is 32.2. The summed E-state index contributed by atoms with van der Waals surface area (Å²) >= 11 is 0. The number of nitrogens with one attached hydrogen (secondary N) is 3. The number of hydrogen-bond acceptors (Lipinski definition) is 11. The molecule has 2 aromatic heterocycles. The average Bonchev–Trinajstić information content (AvgIpc) is 4.06. The molecule has 334 valence electrons. The van der Waals surface area contributed by atoms with Crippen LogP contribution in [0.4, 0.5) is 18.0 Å². The Bertz CT molecular complexity index is 2570. The van der Waals surface area contributed by atoms with Crippen molar-refractivity contribution in [1.82, 2.24) is 30.2 Å². The quantitative estimate of drug-likeness (QED) is 0.164. The van der Waals surface area contributed by atoms with Crippen LogP contribution in [-0.2, 0) is 35.3 Å². The number of aromatic nitrogens is 2. The molecule has 0 unspecified atom stereocenters. The van der Waals surface area contributed by atoms with Crippen molar-refractivity contribution in [3.05, 3.63) is 66.2 Å². The first kappa shape index (κ1) is 42.6. The largest absolute Gasteiger partial charge is 0.470 e. The van der Waals surface area contributed by atoms with Crippen LogP contribution in [0.15, 0.2) is 65.1 Å². The third kappa shape index (κ3) is 8.93. The van der Waals surface area contributed by atoms with Gasteiger partial charge in [-0.25, -0.2) is 18.2 Å². The van der Waals surface area contributed by atoms with Gasteiger partial charge in [-0.2, -0.15) is 18.2 Å². The number of benzene rings is 2. The number of halogens is 3. The number of carbonyl (C=O) groups excluding carboxylic acids is 4. The number of furan rings is 1. The van der Waals surface area contributed by atoms with Gasteiger partial charge in [0.1, 0.15) is 40.9 Å². The number of fused-ring (bicyclic) bond motifs is 5. The second-order valence-corrected chi connectivity index (χ2v) is 19.2. The van der Waals surface area contributed by atoms with Crippen LogP contribution >= 0.6 is 0 Å². The zero-order valence-electron chi connectivity index (χ0n) is 34.2. The maximum atomic E-state index is 14.7. The molecule has 63 heavy (non-hydrogen) atoms. The van der Waals surface area contributed by atoms with Gasteiger partial charge in [0.15, 0.2) is 5.82 Å². The topological polar surface area (TPSA) is 199 Å². The predicted molar refractivity (Wildman–Crippen MR) is 221 cm³/mol. The van der Waals surface area contributed by atoms with Gasteiger partial charge >= 0.3 is 12.3 Å². The van der Waals surface area contributed by atoms with Crippen LogP contribution in [0.1, 0.15) is 89.0 Å². The van der Waals surface area contributed by atoms with Crippen molar-refractivity contribution < 1.29 is 54.7 Å². The van der Waals surface area contributed by atoms with Crippen LogP contribution in [0, 0.1) is 5.92 Å². The van der Waals surface area contributed by atoms with Crippen LogP contribution in [0.2, 0.25) is 0 Å². The van der Waals surface area contributed by atoms with E-state index in [2.05, 4.69) is 25.3 Å². The predicted octanol–water partition coefficient (Wildman–Crippen LogP) is 6.45. The van der Waals surface area contributed by atoms with Crippen molar-refractivity contribution in [3.8, 4) is 17.3 Å². The molecule has 4 aromatic rings. The monoisotopic (exact) mass is 892 g/mol. The van der Waals surface area contributed by atoms with E-state index in [1.54, 1.807) is 24.3 Å². The molecule has 15 nitrogen and oxygen atoms in total. The lowest BCUT2D eigenvalue weighted by molar-refractivity contribution is -0.141. The number of alkyl halides is 3. The van der Waals surface area contributed by atoms with Crippen molar-refractivity contribution in [3.63, 3.8) is 0 Å². The molecule has 3 N–H and O–H groups in total. The summed E-state index contributed by atoms with van der Waals surface area (Å²) in [6.45, 7) is -0.188. The van der Waals surface area contributed by atoms with Crippen LogP contribution in [-0.4, -0.2) is 88.7 Å². The van der Waals surface area contributed by atoms with Gasteiger partial charge in [0.25, 0.3) is 11.8 Å². The van der Waals surface area contributed by atoms with E-state index in [0.717, 1.165) is 31.4 Å². The molecule has 4 fully saturated rings. The number of ether oxygens (including phenoxy) is 2. The minimum absolute atomic E-state index is 0.0337. The summed E-state index contributed by atoms with van der Waals surface area (Å²) in [4.78, 5) is 67.0. The van der Waals surface area contributed by atoms with Gasteiger partial charge in [-0.15, -0.1) is 0 Å². The Hall–Kier alpha value is -5.72. The molecule has 4 amide bonds. The van der Waals surface area contributed by atoms with Crippen molar-refractivity contribution >= 4 is 55.9 Å². The van der Waals surface area contributed by atoms with Gasteiger partial charge in [0, 0.05) is 23.3 Å². The van der Waals surface area contributed by atoms with Gasteiger partial charge in [-0.05, 0) is 88.5 Å². The smallest absolute Gasteiger partial charge is 0.416 e. The van der Waals surface area contributed by atoms with Crippen LogP contribution in [0.25, 0.3) is 33.5 Å². The van der Waals surface area contributed by atoms with Gasteiger partial charge in [0.2, 0.25) is 27.4 Å². The fourth-order valence-electron chi connectivity index (χ4n) is 8.92. The summed E-state index contributed by atoms with van der Waals surface area (Å²) in [6.07, 6.45) is 4.23. The molecule has 2 aliphatic heterocycles. The Labute approximate surface area is 360 Å². The van der Waals surface area contributed by atoms with E-state index in [9.17, 15) is 40.8 Å². The van der Waals surface area contributed by atoms with E-state index in [1.807, 2.05) is 12.2 Å². The highest BCUT2D eigenvalue weighted by Gasteiger charge is 2.62. The number of nitrogens with zero attached hydrogens (tertiary/aromatic N) is 3. The summed E-state index contributed by atoms with van der Waals surface area (Å²) in [5, 5.41) is 5.50. The van der Waals surface area contributed by atoms with E-state index < -0.39 is 80.5 Å².